The van der Waals surface area contributed by atoms with Crippen LogP contribution in [-0.2, 0) is 9.53 Å². The molecule has 0 rings (SSSR count). The van der Waals surface area contributed by atoms with Crippen LogP contribution < -0.4 is 0 Å². The summed E-state index contributed by atoms with van der Waals surface area (Å²) in [7, 11) is 1.64. The highest BCUT2D eigenvalue weighted by atomic mass is 16.5. The summed E-state index contributed by atoms with van der Waals surface area (Å²) >= 11 is 0. The van der Waals surface area contributed by atoms with Gasteiger partial charge in [-0.15, -0.1) is 0 Å². The molecule has 0 aromatic heterocycles. The Kier molecular flexibility index (Phi) is 7.34. The molecule has 0 saturated carbocycles. The van der Waals surface area contributed by atoms with E-state index in [2.05, 4.69) is 13.8 Å². The van der Waals surface area contributed by atoms with Gasteiger partial charge in [0.1, 0.15) is 6.04 Å². The summed E-state index contributed by atoms with van der Waals surface area (Å²) in [5.41, 5.74) is 0. The Morgan fingerprint density at radius 1 is 1.40 bits per heavy atom. The molecule has 0 aromatic rings. The molecule has 90 valence electrons. The van der Waals surface area contributed by atoms with E-state index in [-0.39, 0.29) is 6.04 Å². The van der Waals surface area contributed by atoms with Gasteiger partial charge in [-0.2, -0.15) is 0 Å². The maximum Gasteiger partial charge on any atom is 0.320 e. The molecule has 0 aliphatic heterocycles. The van der Waals surface area contributed by atoms with Gasteiger partial charge in [0.15, 0.2) is 0 Å². The summed E-state index contributed by atoms with van der Waals surface area (Å²) in [5, 5.41) is 9.10. The van der Waals surface area contributed by atoms with Crippen LogP contribution in [-0.4, -0.2) is 48.3 Å². The molecule has 0 aliphatic rings. The van der Waals surface area contributed by atoms with Crippen molar-refractivity contribution in [3.05, 3.63) is 0 Å². The van der Waals surface area contributed by atoms with Gasteiger partial charge in [0.05, 0.1) is 6.61 Å². The second kappa shape index (κ2) is 7.65. The van der Waals surface area contributed by atoms with E-state index >= 15 is 0 Å². The number of rotatable bonds is 8. The number of carboxylic acid groups (broad SMARTS) is 1. The molecule has 15 heavy (non-hydrogen) atoms. The molecule has 0 aliphatic carbocycles. The number of nitrogens with zero attached hydrogens (tertiary/aromatic N) is 1. The number of carboxylic acids is 1. The largest absolute Gasteiger partial charge is 0.480 e. The molecule has 0 aromatic carbocycles. The van der Waals surface area contributed by atoms with E-state index in [1.165, 1.54) is 0 Å². The van der Waals surface area contributed by atoms with Gasteiger partial charge in [0.2, 0.25) is 0 Å². The maximum absolute atomic E-state index is 11.1. The van der Waals surface area contributed by atoms with Gasteiger partial charge < -0.3 is 9.84 Å². The average molecular weight is 217 g/mol. The SMILES string of the molecule is CCC(C)N(CCOC)C(CC)C(=O)O. The van der Waals surface area contributed by atoms with Crippen molar-refractivity contribution in [2.24, 2.45) is 0 Å². The van der Waals surface area contributed by atoms with Crippen molar-refractivity contribution in [2.75, 3.05) is 20.3 Å². The van der Waals surface area contributed by atoms with Crippen LogP contribution in [0.4, 0.5) is 0 Å². The number of aliphatic carboxylic acids is 1. The Balaban J connectivity index is 4.49. The van der Waals surface area contributed by atoms with Crippen molar-refractivity contribution >= 4 is 5.97 Å². The molecule has 2 atom stereocenters. The summed E-state index contributed by atoms with van der Waals surface area (Å²) in [5.74, 6) is -0.742. The number of hydrogen-bond acceptors (Lipinski definition) is 3. The van der Waals surface area contributed by atoms with Gasteiger partial charge in [-0.25, -0.2) is 0 Å². The van der Waals surface area contributed by atoms with E-state index < -0.39 is 12.0 Å². The van der Waals surface area contributed by atoms with Gasteiger partial charge in [-0.05, 0) is 19.8 Å². The monoisotopic (exact) mass is 217 g/mol. The smallest absolute Gasteiger partial charge is 0.320 e. The molecular weight excluding hydrogens is 194 g/mol. The van der Waals surface area contributed by atoms with E-state index in [4.69, 9.17) is 9.84 Å². The number of methoxy groups -OCH3 is 1. The highest BCUT2D eigenvalue weighted by Gasteiger charge is 2.26. The molecule has 0 spiro atoms. The predicted octanol–water partition coefficient (Wildman–Crippen LogP) is 1.60. The van der Waals surface area contributed by atoms with E-state index in [1.807, 2.05) is 11.8 Å². The predicted molar refractivity (Wildman–Crippen MR) is 60.0 cm³/mol. The third-order valence-electron chi connectivity index (χ3n) is 2.78. The highest BCUT2D eigenvalue weighted by molar-refractivity contribution is 5.73. The third kappa shape index (κ3) is 4.62. The van der Waals surface area contributed by atoms with Gasteiger partial charge >= 0.3 is 5.97 Å². The minimum atomic E-state index is -0.742. The molecule has 0 saturated heterocycles. The van der Waals surface area contributed by atoms with Crippen LogP contribution >= 0.6 is 0 Å². The van der Waals surface area contributed by atoms with Crippen molar-refractivity contribution in [1.82, 2.24) is 4.90 Å². The molecule has 0 amide bonds. The Labute approximate surface area is 92.2 Å². The minimum Gasteiger partial charge on any atom is -0.480 e. The fourth-order valence-electron chi connectivity index (χ4n) is 1.67. The number of hydrogen-bond donors (Lipinski definition) is 1. The lowest BCUT2D eigenvalue weighted by molar-refractivity contribution is -0.144. The Morgan fingerprint density at radius 3 is 2.33 bits per heavy atom. The van der Waals surface area contributed by atoms with Gasteiger partial charge in [-0.3, -0.25) is 9.69 Å². The van der Waals surface area contributed by atoms with Crippen molar-refractivity contribution in [3.63, 3.8) is 0 Å². The summed E-state index contributed by atoms with van der Waals surface area (Å²) in [6, 6.07) is -0.115. The quantitative estimate of drug-likeness (QED) is 0.671. The van der Waals surface area contributed by atoms with E-state index in [9.17, 15) is 4.79 Å². The molecule has 2 unspecified atom stereocenters. The molecule has 0 bridgehead atoms. The molecule has 0 fully saturated rings. The van der Waals surface area contributed by atoms with Gasteiger partial charge in [0.25, 0.3) is 0 Å². The lowest BCUT2D eigenvalue weighted by Crippen LogP contribution is -2.47. The van der Waals surface area contributed by atoms with Crippen molar-refractivity contribution in [3.8, 4) is 0 Å². The summed E-state index contributed by atoms with van der Waals surface area (Å²) in [4.78, 5) is 13.1. The third-order valence-corrected chi connectivity index (χ3v) is 2.78. The zero-order valence-corrected chi connectivity index (χ0v) is 10.2. The summed E-state index contributed by atoms with van der Waals surface area (Å²) in [6.07, 6.45) is 1.58. The first-order valence-corrected chi connectivity index (χ1v) is 5.55. The molecule has 0 radical (unpaired) electrons. The maximum atomic E-state index is 11.1. The van der Waals surface area contributed by atoms with Crippen LogP contribution in [0.2, 0.25) is 0 Å². The summed E-state index contributed by atoms with van der Waals surface area (Å²) in [6.45, 7) is 7.28. The number of carbonyl (C=O) groups is 1. The lowest BCUT2D eigenvalue weighted by Gasteiger charge is -2.32. The highest BCUT2D eigenvalue weighted by Crippen LogP contribution is 2.11. The van der Waals surface area contributed by atoms with Crippen molar-refractivity contribution in [2.45, 2.75) is 45.7 Å². The zero-order valence-electron chi connectivity index (χ0n) is 10.2. The second-order valence-electron chi connectivity index (χ2n) is 3.75. The normalized spacial score (nSPS) is 15.3. The van der Waals surface area contributed by atoms with Gasteiger partial charge in [0, 0.05) is 19.7 Å². The first-order valence-electron chi connectivity index (χ1n) is 5.55. The van der Waals surface area contributed by atoms with Crippen LogP contribution in [0.15, 0.2) is 0 Å². The summed E-state index contributed by atoms with van der Waals surface area (Å²) < 4.78 is 5.01. The number of ether oxygens (including phenoxy) is 1. The first kappa shape index (κ1) is 14.4. The lowest BCUT2D eigenvalue weighted by atomic mass is 10.1. The van der Waals surface area contributed by atoms with Gasteiger partial charge in [-0.1, -0.05) is 13.8 Å². The average Bonchev–Trinajstić information content (AvgIpc) is 2.22. The van der Waals surface area contributed by atoms with Crippen molar-refractivity contribution in [1.29, 1.82) is 0 Å². The van der Waals surface area contributed by atoms with Crippen molar-refractivity contribution < 1.29 is 14.6 Å². The van der Waals surface area contributed by atoms with E-state index in [0.29, 0.717) is 19.6 Å². The Hall–Kier alpha value is -0.610. The Bertz CT molecular complexity index is 185. The molecular formula is C11H23NO3. The fourth-order valence-corrected chi connectivity index (χ4v) is 1.67. The van der Waals surface area contributed by atoms with Crippen LogP contribution in [0.25, 0.3) is 0 Å². The molecule has 1 N–H and O–H groups in total. The second-order valence-corrected chi connectivity index (χ2v) is 3.75. The first-order chi connectivity index (χ1) is 7.08. The Morgan fingerprint density at radius 2 is 2.00 bits per heavy atom. The van der Waals surface area contributed by atoms with Crippen LogP contribution in [0, 0.1) is 0 Å². The zero-order chi connectivity index (χ0) is 11.8. The molecule has 4 nitrogen and oxygen atoms in total. The fraction of sp³-hybridized carbons (Fsp3) is 0.909. The van der Waals surface area contributed by atoms with Crippen LogP contribution in [0.3, 0.4) is 0 Å². The molecule has 4 heteroatoms. The van der Waals surface area contributed by atoms with Crippen LogP contribution in [0.5, 0.6) is 0 Å². The van der Waals surface area contributed by atoms with E-state index in [1.54, 1.807) is 7.11 Å². The minimum absolute atomic E-state index is 0.279. The molecule has 0 heterocycles. The van der Waals surface area contributed by atoms with Crippen LogP contribution in [0.1, 0.15) is 33.6 Å². The topological polar surface area (TPSA) is 49.8 Å². The standard InChI is InChI=1S/C11H23NO3/c1-5-9(3)12(7-8-15-4)10(6-2)11(13)14/h9-10H,5-8H2,1-4H3,(H,13,14). The van der Waals surface area contributed by atoms with E-state index in [0.717, 1.165) is 6.42 Å².